The lowest BCUT2D eigenvalue weighted by atomic mass is 9.93. The highest BCUT2D eigenvalue weighted by atomic mass is 14.8. The normalized spacial score (nSPS) is 14.2. The summed E-state index contributed by atoms with van der Waals surface area (Å²) >= 11 is 0. The zero-order valence-electron chi connectivity index (χ0n) is 10.9. The van der Waals surface area contributed by atoms with Gasteiger partial charge in [-0.15, -0.1) is 0 Å². The molecule has 0 aliphatic carbocycles. The van der Waals surface area contributed by atoms with Crippen LogP contribution in [0, 0.1) is 13.8 Å². The molecule has 0 aliphatic heterocycles. The molecule has 2 aromatic carbocycles. The Morgan fingerprint density at radius 1 is 0.722 bits per heavy atom. The highest BCUT2D eigenvalue weighted by molar-refractivity contribution is 5.31. The summed E-state index contributed by atoms with van der Waals surface area (Å²) in [5, 5.41) is 0. The van der Waals surface area contributed by atoms with Crippen molar-refractivity contribution in [3.63, 3.8) is 0 Å². The highest BCUT2D eigenvalue weighted by Gasteiger charge is 2.17. The number of hydrogen-bond donors (Lipinski definition) is 2. The van der Waals surface area contributed by atoms with Crippen molar-refractivity contribution in [3.8, 4) is 0 Å². The van der Waals surface area contributed by atoms with Gasteiger partial charge in [-0.3, -0.25) is 0 Å². The fraction of sp³-hybridized carbons (Fsp3) is 0.250. The Kier molecular flexibility index (Phi) is 3.80. The van der Waals surface area contributed by atoms with Crippen molar-refractivity contribution in [3.05, 3.63) is 70.8 Å². The Balaban J connectivity index is 2.26. The first-order chi connectivity index (χ1) is 8.58. The fourth-order valence-corrected chi connectivity index (χ4v) is 2.17. The second kappa shape index (κ2) is 5.34. The SMILES string of the molecule is Cc1cccc(C(N)[C@H](N)c2cccc(C)c2)c1. The predicted molar refractivity (Wildman–Crippen MR) is 76.2 cm³/mol. The van der Waals surface area contributed by atoms with Crippen LogP contribution in [0.3, 0.4) is 0 Å². The molecule has 2 atom stereocenters. The van der Waals surface area contributed by atoms with Crippen LogP contribution in [0.5, 0.6) is 0 Å². The van der Waals surface area contributed by atoms with E-state index in [2.05, 4.69) is 38.1 Å². The molecule has 94 valence electrons. The molecule has 2 heteroatoms. The lowest BCUT2D eigenvalue weighted by Gasteiger charge is -2.21. The van der Waals surface area contributed by atoms with Gasteiger partial charge in [-0.05, 0) is 25.0 Å². The molecular weight excluding hydrogens is 220 g/mol. The smallest absolute Gasteiger partial charge is 0.0491 e. The topological polar surface area (TPSA) is 52.0 Å². The quantitative estimate of drug-likeness (QED) is 0.866. The summed E-state index contributed by atoms with van der Waals surface area (Å²) in [6.07, 6.45) is 0. The Hall–Kier alpha value is -1.64. The molecule has 0 amide bonds. The van der Waals surface area contributed by atoms with Gasteiger partial charge in [0, 0.05) is 12.1 Å². The zero-order chi connectivity index (χ0) is 13.1. The minimum atomic E-state index is -0.174. The van der Waals surface area contributed by atoms with E-state index in [9.17, 15) is 0 Å². The lowest BCUT2D eigenvalue weighted by Crippen LogP contribution is -2.26. The van der Waals surface area contributed by atoms with Crippen LogP contribution in [0.25, 0.3) is 0 Å². The highest BCUT2D eigenvalue weighted by Crippen LogP contribution is 2.25. The Morgan fingerprint density at radius 3 is 1.44 bits per heavy atom. The number of rotatable bonds is 3. The van der Waals surface area contributed by atoms with Crippen molar-refractivity contribution in [2.45, 2.75) is 25.9 Å². The molecule has 18 heavy (non-hydrogen) atoms. The van der Waals surface area contributed by atoms with E-state index in [1.165, 1.54) is 11.1 Å². The average molecular weight is 240 g/mol. The van der Waals surface area contributed by atoms with Crippen LogP contribution in [0.2, 0.25) is 0 Å². The lowest BCUT2D eigenvalue weighted by molar-refractivity contribution is 0.574. The second-order valence-corrected chi connectivity index (χ2v) is 4.88. The van der Waals surface area contributed by atoms with Gasteiger partial charge >= 0.3 is 0 Å². The van der Waals surface area contributed by atoms with Crippen LogP contribution in [-0.4, -0.2) is 0 Å². The predicted octanol–water partition coefficient (Wildman–Crippen LogP) is 3.00. The molecule has 4 N–H and O–H groups in total. The molecule has 0 spiro atoms. The third-order valence-corrected chi connectivity index (χ3v) is 3.24. The van der Waals surface area contributed by atoms with E-state index in [1.54, 1.807) is 0 Å². The summed E-state index contributed by atoms with van der Waals surface area (Å²) in [6, 6.07) is 16.1. The molecule has 0 saturated carbocycles. The summed E-state index contributed by atoms with van der Waals surface area (Å²) in [5.41, 5.74) is 17.1. The van der Waals surface area contributed by atoms with Gasteiger partial charge in [0.05, 0.1) is 0 Å². The third kappa shape index (κ3) is 2.78. The van der Waals surface area contributed by atoms with Gasteiger partial charge in [-0.2, -0.15) is 0 Å². The maximum atomic E-state index is 6.26. The molecule has 2 rings (SSSR count). The standard InChI is InChI=1S/C16H20N2/c1-11-5-3-7-13(9-11)15(17)16(18)14-8-4-6-12(2)10-14/h3-10,15-16H,17-18H2,1-2H3/t15-,16?/m1/s1. The summed E-state index contributed by atoms with van der Waals surface area (Å²) in [4.78, 5) is 0. The van der Waals surface area contributed by atoms with Crippen molar-refractivity contribution < 1.29 is 0 Å². The number of aryl methyl sites for hydroxylation is 2. The molecule has 2 nitrogen and oxygen atoms in total. The van der Waals surface area contributed by atoms with Crippen LogP contribution in [0.1, 0.15) is 34.3 Å². The second-order valence-electron chi connectivity index (χ2n) is 4.88. The van der Waals surface area contributed by atoms with Crippen LogP contribution in [0.4, 0.5) is 0 Å². The summed E-state index contributed by atoms with van der Waals surface area (Å²) < 4.78 is 0. The maximum absolute atomic E-state index is 6.26. The maximum Gasteiger partial charge on any atom is 0.0491 e. The number of nitrogens with two attached hydrogens (primary N) is 2. The van der Waals surface area contributed by atoms with Crippen molar-refractivity contribution in [1.29, 1.82) is 0 Å². The molecule has 0 bridgehead atoms. The van der Waals surface area contributed by atoms with Gasteiger partial charge in [-0.1, -0.05) is 59.7 Å². The first kappa shape index (κ1) is 12.8. The van der Waals surface area contributed by atoms with Crippen LogP contribution in [0.15, 0.2) is 48.5 Å². The number of benzene rings is 2. The van der Waals surface area contributed by atoms with Gasteiger partial charge in [0.2, 0.25) is 0 Å². The molecular formula is C16H20N2. The van der Waals surface area contributed by atoms with Gasteiger partial charge in [0.25, 0.3) is 0 Å². The monoisotopic (exact) mass is 240 g/mol. The van der Waals surface area contributed by atoms with E-state index < -0.39 is 0 Å². The third-order valence-electron chi connectivity index (χ3n) is 3.24. The van der Waals surface area contributed by atoms with Crippen molar-refractivity contribution in [1.82, 2.24) is 0 Å². The average Bonchev–Trinajstić information content (AvgIpc) is 2.37. The van der Waals surface area contributed by atoms with Crippen molar-refractivity contribution >= 4 is 0 Å². The van der Waals surface area contributed by atoms with Crippen molar-refractivity contribution in [2.75, 3.05) is 0 Å². The van der Waals surface area contributed by atoms with Gasteiger partial charge in [0.1, 0.15) is 0 Å². The Labute approximate surface area is 109 Å². The van der Waals surface area contributed by atoms with Gasteiger partial charge in [0.15, 0.2) is 0 Å². The molecule has 0 saturated heterocycles. The van der Waals surface area contributed by atoms with E-state index in [-0.39, 0.29) is 12.1 Å². The summed E-state index contributed by atoms with van der Waals surface area (Å²) in [6.45, 7) is 4.13. The summed E-state index contributed by atoms with van der Waals surface area (Å²) in [7, 11) is 0. The van der Waals surface area contributed by atoms with Crippen LogP contribution >= 0.6 is 0 Å². The van der Waals surface area contributed by atoms with Crippen LogP contribution in [-0.2, 0) is 0 Å². The first-order valence-corrected chi connectivity index (χ1v) is 6.22. The molecule has 0 radical (unpaired) electrons. The largest absolute Gasteiger partial charge is 0.322 e. The molecule has 0 heterocycles. The Bertz CT molecular complexity index is 485. The summed E-state index contributed by atoms with van der Waals surface area (Å²) in [5.74, 6) is 0. The first-order valence-electron chi connectivity index (χ1n) is 6.22. The van der Waals surface area contributed by atoms with Crippen molar-refractivity contribution in [2.24, 2.45) is 11.5 Å². The minimum absolute atomic E-state index is 0.174. The van der Waals surface area contributed by atoms with Gasteiger partial charge in [-0.25, -0.2) is 0 Å². The van der Waals surface area contributed by atoms with E-state index in [0.29, 0.717) is 0 Å². The van der Waals surface area contributed by atoms with E-state index in [1.807, 2.05) is 24.3 Å². The fourth-order valence-electron chi connectivity index (χ4n) is 2.17. The molecule has 2 aromatic rings. The minimum Gasteiger partial charge on any atom is -0.322 e. The Morgan fingerprint density at radius 2 is 1.11 bits per heavy atom. The molecule has 1 unspecified atom stereocenters. The van der Waals surface area contributed by atoms with Gasteiger partial charge < -0.3 is 11.5 Å². The zero-order valence-corrected chi connectivity index (χ0v) is 10.9. The van der Waals surface area contributed by atoms with E-state index >= 15 is 0 Å². The molecule has 0 aliphatic rings. The molecule has 0 fully saturated rings. The number of hydrogen-bond acceptors (Lipinski definition) is 2. The van der Waals surface area contributed by atoms with E-state index in [4.69, 9.17) is 11.5 Å². The van der Waals surface area contributed by atoms with E-state index in [0.717, 1.165) is 11.1 Å². The molecule has 0 aromatic heterocycles. The van der Waals surface area contributed by atoms with Crippen LogP contribution < -0.4 is 11.5 Å².